The summed E-state index contributed by atoms with van der Waals surface area (Å²) in [5.74, 6) is 0.591. The second kappa shape index (κ2) is 7.99. The Kier molecular flexibility index (Phi) is 6.62. The number of hydrogen-bond donors (Lipinski definition) is 3. The van der Waals surface area contributed by atoms with E-state index in [0.29, 0.717) is 19.0 Å². The van der Waals surface area contributed by atoms with Crippen LogP contribution in [0.25, 0.3) is 0 Å². The van der Waals surface area contributed by atoms with Crippen LogP contribution in [0.3, 0.4) is 0 Å². The predicted octanol–water partition coefficient (Wildman–Crippen LogP) is 0.247. The van der Waals surface area contributed by atoms with Crippen LogP contribution >= 0.6 is 0 Å². The number of aliphatic imine (C=N–C) groups is 1. The molecule has 0 aliphatic carbocycles. The molecule has 1 saturated heterocycles. The van der Waals surface area contributed by atoms with Crippen molar-refractivity contribution in [3.8, 4) is 0 Å². The number of rotatable bonds is 6. The quantitative estimate of drug-likeness (QED) is 0.478. The molecule has 6 nitrogen and oxygen atoms in total. The number of nitrogens with zero attached hydrogens (tertiary/aromatic N) is 1. The molecule has 0 spiro atoms. The van der Waals surface area contributed by atoms with Gasteiger partial charge in [0.25, 0.3) is 0 Å². The summed E-state index contributed by atoms with van der Waals surface area (Å²) in [6, 6.07) is 0. The summed E-state index contributed by atoms with van der Waals surface area (Å²) < 4.78 is 5.71. The van der Waals surface area contributed by atoms with Gasteiger partial charge in [-0.2, -0.15) is 0 Å². The fourth-order valence-corrected chi connectivity index (χ4v) is 1.99. The van der Waals surface area contributed by atoms with Crippen molar-refractivity contribution in [3.63, 3.8) is 0 Å². The van der Waals surface area contributed by atoms with Gasteiger partial charge in [0.2, 0.25) is 5.91 Å². The first-order valence-corrected chi connectivity index (χ1v) is 7.02. The van der Waals surface area contributed by atoms with Crippen molar-refractivity contribution in [1.82, 2.24) is 16.0 Å². The van der Waals surface area contributed by atoms with E-state index >= 15 is 0 Å². The maximum Gasteiger partial charge on any atom is 0.241 e. The molecular formula is C13H26N4O2. The zero-order valence-electron chi connectivity index (χ0n) is 12.2. The Morgan fingerprint density at radius 3 is 2.58 bits per heavy atom. The summed E-state index contributed by atoms with van der Waals surface area (Å²) >= 11 is 0. The third-order valence-electron chi connectivity index (χ3n) is 3.03. The normalized spacial score (nSPS) is 23.2. The number of amides is 1. The van der Waals surface area contributed by atoms with Crippen molar-refractivity contribution in [1.29, 1.82) is 0 Å². The molecule has 1 amide bonds. The fraction of sp³-hybridized carbons (Fsp3) is 0.846. The van der Waals surface area contributed by atoms with Gasteiger partial charge in [-0.25, -0.2) is 4.99 Å². The molecule has 1 unspecified atom stereocenters. The van der Waals surface area contributed by atoms with Crippen molar-refractivity contribution in [3.05, 3.63) is 0 Å². The van der Waals surface area contributed by atoms with Crippen LogP contribution < -0.4 is 16.0 Å². The second-order valence-electron chi connectivity index (χ2n) is 4.90. The molecule has 6 heteroatoms. The average molecular weight is 270 g/mol. The first-order valence-electron chi connectivity index (χ1n) is 7.02. The smallest absolute Gasteiger partial charge is 0.241 e. The topological polar surface area (TPSA) is 74.8 Å². The maximum absolute atomic E-state index is 11.4. The molecular weight excluding hydrogens is 244 g/mol. The van der Waals surface area contributed by atoms with E-state index < -0.39 is 0 Å². The van der Waals surface area contributed by atoms with Crippen LogP contribution in [0.5, 0.6) is 0 Å². The van der Waals surface area contributed by atoms with E-state index in [2.05, 4.69) is 27.9 Å². The van der Waals surface area contributed by atoms with Crippen molar-refractivity contribution in [2.24, 2.45) is 4.99 Å². The third kappa shape index (κ3) is 5.92. The van der Waals surface area contributed by atoms with Crippen molar-refractivity contribution >= 4 is 11.9 Å². The zero-order chi connectivity index (χ0) is 14.1. The molecule has 0 aromatic rings. The van der Waals surface area contributed by atoms with E-state index in [9.17, 15) is 4.79 Å². The minimum Gasteiger partial charge on any atom is -0.373 e. The lowest BCUT2D eigenvalue weighted by molar-refractivity contribution is -0.119. The Morgan fingerprint density at radius 1 is 1.26 bits per heavy atom. The van der Waals surface area contributed by atoms with Gasteiger partial charge in [-0.1, -0.05) is 0 Å². The maximum atomic E-state index is 11.4. The molecule has 1 rings (SSSR count). The number of carbonyl (C=O) groups is 1. The molecule has 3 N–H and O–H groups in total. The molecule has 0 aromatic carbocycles. The average Bonchev–Trinajstić information content (AvgIpc) is 2.81. The molecule has 0 saturated carbocycles. The number of ether oxygens (including phenoxy) is 1. The lowest BCUT2D eigenvalue weighted by Crippen LogP contribution is -2.46. The van der Waals surface area contributed by atoms with Gasteiger partial charge in [0, 0.05) is 26.2 Å². The Labute approximate surface area is 115 Å². The molecule has 0 aromatic heterocycles. The molecule has 1 aliphatic heterocycles. The highest BCUT2D eigenvalue weighted by Crippen LogP contribution is 2.23. The fourth-order valence-electron chi connectivity index (χ4n) is 1.99. The highest BCUT2D eigenvalue weighted by Gasteiger charge is 2.29. The number of likely N-dealkylation sites (N-methyl/N-ethyl adjacent to an activating group) is 1. The third-order valence-corrected chi connectivity index (χ3v) is 3.03. The van der Waals surface area contributed by atoms with Crippen LogP contribution in [0.2, 0.25) is 0 Å². The first kappa shape index (κ1) is 15.8. The van der Waals surface area contributed by atoms with E-state index in [1.54, 1.807) is 0 Å². The monoisotopic (exact) mass is 270 g/mol. The second-order valence-corrected chi connectivity index (χ2v) is 4.90. The van der Waals surface area contributed by atoms with Crippen molar-refractivity contribution in [2.45, 2.75) is 39.2 Å². The van der Waals surface area contributed by atoms with Crippen LogP contribution in [0.4, 0.5) is 0 Å². The van der Waals surface area contributed by atoms with E-state index in [1.807, 2.05) is 13.8 Å². The molecule has 1 fully saturated rings. The van der Waals surface area contributed by atoms with E-state index in [0.717, 1.165) is 26.0 Å². The van der Waals surface area contributed by atoms with E-state index in [1.165, 1.54) is 0 Å². The lowest BCUT2D eigenvalue weighted by atomic mass is 10.0. The number of hydrogen-bond acceptors (Lipinski definition) is 3. The van der Waals surface area contributed by atoms with Crippen LogP contribution in [-0.4, -0.2) is 50.3 Å². The summed E-state index contributed by atoms with van der Waals surface area (Å²) in [5.41, 5.74) is -0.123. The van der Waals surface area contributed by atoms with Gasteiger partial charge in [-0.3, -0.25) is 4.79 Å². The van der Waals surface area contributed by atoms with Crippen molar-refractivity contribution < 1.29 is 9.53 Å². The van der Waals surface area contributed by atoms with Gasteiger partial charge < -0.3 is 20.7 Å². The largest absolute Gasteiger partial charge is 0.373 e. The van der Waals surface area contributed by atoms with Gasteiger partial charge in [0.05, 0.1) is 5.60 Å². The zero-order valence-corrected chi connectivity index (χ0v) is 12.2. The van der Waals surface area contributed by atoms with Crippen LogP contribution in [0, 0.1) is 0 Å². The summed E-state index contributed by atoms with van der Waals surface area (Å²) in [6.45, 7) is 9.05. The van der Waals surface area contributed by atoms with Crippen LogP contribution in [0.15, 0.2) is 4.99 Å². The number of nitrogens with one attached hydrogen (secondary N) is 3. The SMILES string of the molecule is CCNC(=O)CN=C(NCC)NCC1(C)CCCO1. The van der Waals surface area contributed by atoms with Gasteiger partial charge in [-0.15, -0.1) is 0 Å². The molecule has 1 atom stereocenters. The highest BCUT2D eigenvalue weighted by molar-refractivity contribution is 5.84. The molecule has 19 heavy (non-hydrogen) atoms. The summed E-state index contributed by atoms with van der Waals surface area (Å²) in [6.07, 6.45) is 2.15. The first-order chi connectivity index (χ1) is 9.09. The number of carbonyl (C=O) groups excluding carboxylic acids is 1. The van der Waals surface area contributed by atoms with E-state index in [4.69, 9.17) is 4.74 Å². The van der Waals surface area contributed by atoms with Gasteiger partial charge >= 0.3 is 0 Å². The predicted molar refractivity (Wildman–Crippen MR) is 76.3 cm³/mol. The van der Waals surface area contributed by atoms with E-state index in [-0.39, 0.29) is 18.1 Å². The molecule has 110 valence electrons. The van der Waals surface area contributed by atoms with Crippen LogP contribution in [-0.2, 0) is 9.53 Å². The van der Waals surface area contributed by atoms with Gasteiger partial charge in [0.15, 0.2) is 5.96 Å². The summed E-state index contributed by atoms with van der Waals surface area (Å²) in [4.78, 5) is 15.6. The standard InChI is InChI=1S/C13H26N4O2/c1-4-14-11(18)9-16-12(15-5-2)17-10-13(3)7-6-8-19-13/h4-10H2,1-3H3,(H,14,18)(H2,15,16,17). The minimum absolute atomic E-state index is 0.0666. The lowest BCUT2D eigenvalue weighted by Gasteiger charge is -2.24. The van der Waals surface area contributed by atoms with Crippen molar-refractivity contribution in [2.75, 3.05) is 32.8 Å². The molecule has 0 bridgehead atoms. The van der Waals surface area contributed by atoms with Crippen LogP contribution in [0.1, 0.15) is 33.6 Å². The summed E-state index contributed by atoms with van der Waals surface area (Å²) in [5, 5.41) is 9.08. The molecule has 1 heterocycles. The summed E-state index contributed by atoms with van der Waals surface area (Å²) in [7, 11) is 0. The molecule has 0 radical (unpaired) electrons. The Morgan fingerprint density at radius 2 is 2.00 bits per heavy atom. The Hall–Kier alpha value is -1.30. The van der Waals surface area contributed by atoms with Gasteiger partial charge in [0.1, 0.15) is 6.54 Å². The minimum atomic E-state index is -0.123. The number of guanidine groups is 1. The Bertz CT molecular complexity index is 312. The molecule has 1 aliphatic rings. The highest BCUT2D eigenvalue weighted by atomic mass is 16.5. The Balaban J connectivity index is 2.42. The van der Waals surface area contributed by atoms with Gasteiger partial charge in [-0.05, 0) is 33.6 Å².